The van der Waals surface area contributed by atoms with Crippen molar-refractivity contribution < 1.29 is 0 Å². The maximum atomic E-state index is 5.97. The summed E-state index contributed by atoms with van der Waals surface area (Å²) >= 11 is 1.68. The molecule has 4 heteroatoms. The number of anilines is 1. The zero-order chi connectivity index (χ0) is 11.1. The van der Waals surface area contributed by atoms with Gasteiger partial charge in [0.1, 0.15) is 5.82 Å². The van der Waals surface area contributed by atoms with Crippen LogP contribution < -0.4 is 5.73 Å². The molecule has 0 spiro atoms. The minimum absolute atomic E-state index is 0.790. The Morgan fingerprint density at radius 2 is 2.40 bits per heavy atom. The van der Waals surface area contributed by atoms with Gasteiger partial charge in [0.2, 0.25) is 0 Å². The monoisotopic (exact) mass is 225 g/mol. The van der Waals surface area contributed by atoms with Crippen LogP contribution in [0.15, 0.2) is 23.7 Å². The Morgan fingerprint density at radius 1 is 1.60 bits per heavy atom. The molecule has 0 aromatic carbocycles. The number of thioether (sulfide) groups is 1. The lowest BCUT2D eigenvalue weighted by molar-refractivity contribution is 0.559. The third-order valence-electron chi connectivity index (χ3n) is 2.18. The molecule has 2 N–H and O–H groups in total. The molecule has 0 unspecified atom stereocenters. The van der Waals surface area contributed by atoms with Crippen LogP contribution in [0, 0.1) is 0 Å². The first kappa shape index (κ1) is 12.2. The summed E-state index contributed by atoms with van der Waals surface area (Å²) in [6.45, 7) is 6.80. The van der Waals surface area contributed by atoms with Gasteiger partial charge in [0, 0.05) is 12.3 Å². The van der Waals surface area contributed by atoms with E-state index in [1.807, 2.05) is 17.0 Å². The smallest absolute Gasteiger partial charge is 0.135 e. The molecule has 0 aliphatic heterocycles. The highest BCUT2D eigenvalue weighted by Crippen LogP contribution is 2.24. The largest absolute Gasteiger partial charge is 0.383 e. The number of nitrogens with two attached hydrogens (primary N) is 1. The van der Waals surface area contributed by atoms with Crippen LogP contribution >= 0.6 is 11.8 Å². The normalized spacial score (nSPS) is 10.5. The number of nitrogens with zero attached hydrogens (tertiary/aromatic N) is 2. The molecular formula is C11H19N3S. The van der Waals surface area contributed by atoms with Crippen LogP contribution in [0.25, 0.3) is 0 Å². The first-order valence-corrected chi connectivity index (χ1v) is 6.33. The van der Waals surface area contributed by atoms with E-state index in [0.717, 1.165) is 29.4 Å². The molecule has 0 amide bonds. The number of rotatable bonds is 7. The van der Waals surface area contributed by atoms with Gasteiger partial charge in [-0.15, -0.1) is 18.3 Å². The zero-order valence-corrected chi connectivity index (χ0v) is 10.1. The Balaban J connectivity index is 2.50. The van der Waals surface area contributed by atoms with Crippen molar-refractivity contribution in [3.05, 3.63) is 18.9 Å². The van der Waals surface area contributed by atoms with Gasteiger partial charge in [-0.1, -0.05) is 25.8 Å². The van der Waals surface area contributed by atoms with Crippen molar-refractivity contribution in [2.45, 2.75) is 37.6 Å². The third kappa shape index (κ3) is 3.63. The van der Waals surface area contributed by atoms with Crippen molar-refractivity contribution in [1.82, 2.24) is 9.78 Å². The van der Waals surface area contributed by atoms with E-state index in [4.69, 9.17) is 5.73 Å². The third-order valence-corrected chi connectivity index (χ3v) is 3.20. The maximum absolute atomic E-state index is 5.97. The highest BCUT2D eigenvalue weighted by atomic mass is 32.2. The highest BCUT2D eigenvalue weighted by Gasteiger charge is 2.06. The lowest BCUT2D eigenvalue weighted by Gasteiger charge is -2.03. The number of aromatic nitrogens is 2. The molecule has 1 aromatic rings. The van der Waals surface area contributed by atoms with Gasteiger partial charge < -0.3 is 5.73 Å². The lowest BCUT2D eigenvalue weighted by atomic mass is 10.2. The van der Waals surface area contributed by atoms with Crippen molar-refractivity contribution in [2.24, 2.45) is 0 Å². The molecule has 1 heterocycles. The highest BCUT2D eigenvalue weighted by molar-refractivity contribution is 7.99. The van der Waals surface area contributed by atoms with Crippen LogP contribution in [0.5, 0.6) is 0 Å². The molecule has 0 atom stereocenters. The average Bonchev–Trinajstić information content (AvgIpc) is 2.58. The van der Waals surface area contributed by atoms with E-state index in [1.54, 1.807) is 11.8 Å². The van der Waals surface area contributed by atoms with Crippen LogP contribution in [0.4, 0.5) is 5.82 Å². The second-order valence-electron chi connectivity index (χ2n) is 3.42. The van der Waals surface area contributed by atoms with Crippen molar-refractivity contribution in [1.29, 1.82) is 0 Å². The average molecular weight is 225 g/mol. The van der Waals surface area contributed by atoms with Gasteiger partial charge in [0.25, 0.3) is 0 Å². The molecule has 0 saturated carbocycles. The van der Waals surface area contributed by atoms with Crippen molar-refractivity contribution in [3.8, 4) is 0 Å². The van der Waals surface area contributed by atoms with Gasteiger partial charge in [-0.05, 0) is 6.42 Å². The maximum Gasteiger partial charge on any atom is 0.135 e. The minimum atomic E-state index is 0.790. The number of hydrogen-bond donors (Lipinski definition) is 1. The second kappa shape index (κ2) is 6.56. The first-order valence-electron chi connectivity index (χ1n) is 5.34. The fourth-order valence-corrected chi connectivity index (χ4v) is 2.00. The molecule has 0 fully saturated rings. The van der Waals surface area contributed by atoms with Crippen LogP contribution in [0.3, 0.4) is 0 Å². The molecule has 15 heavy (non-hydrogen) atoms. The zero-order valence-electron chi connectivity index (χ0n) is 9.28. The number of hydrogen-bond acceptors (Lipinski definition) is 3. The number of aryl methyl sites for hydroxylation is 1. The SMILES string of the molecule is C=CCSc1cnn(CCCCC)c1N. The molecule has 0 aliphatic carbocycles. The van der Waals surface area contributed by atoms with E-state index >= 15 is 0 Å². The quantitative estimate of drug-likeness (QED) is 0.441. The summed E-state index contributed by atoms with van der Waals surface area (Å²) in [5.74, 6) is 1.67. The van der Waals surface area contributed by atoms with E-state index in [-0.39, 0.29) is 0 Å². The van der Waals surface area contributed by atoms with Crippen LogP contribution in [0.1, 0.15) is 26.2 Å². The molecular weight excluding hydrogens is 206 g/mol. The Labute approximate surface area is 95.7 Å². The molecule has 0 saturated heterocycles. The predicted octanol–water partition coefficient (Wildman–Crippen LogP) is 2.93. The Hall–Kier alpha value is -0.900. The van der Waals surface area contributed by atoms with E-state index in [1.165, 1.54) is 12.8 Å². The second-order valence-corrected chi connectivity index (χ2v) is 4.49. The van der Waals surface area contributed by atoms with Crippen molar-refractivity contribution in [3.63, 3.8) is 0 Å². The van der Waals surface area contributed by atoms with Gasteiger partial charge in [0.15, 0.2) is 0 Å². The molecule has 0 aliphatic rings. The van der Waals surface area contributed by atoms with Crippen LogP contribution in [0.2, 0.25) is 0 Å². The van der Waals surface area contributed by atoms with Gasteiger partial charge in [-0.25, -0.2) is 4.68 Å². The Bertz CT molecular complexity index is 307. The summed E-state index contributed by atoms with van der Waals surface area (Å²) in [7, 11) is 0. The van der Waals surface area contributed by atoms with Gasteiger partial charge in [-0.3, -0.25) is 0 Å². The predicted molar refractivity (Wildman–Crippen MR) is 67.1 cm³/mol. The molecule has 3 nitrogen and oxygen atoms in total. The van der Waals surface area contributed by atoms with Crippen molar-refractivity contribution in [2.75, 3.05) is 11.5 Å². The lowest BCUT2D eigenvalue weighted by Crippen LogP contribution is -2.04. The fraction of sp³-hybridized carbons (Fsp3) is 0.545. The van der Waals surface area contributed by atoms with Crippen LogP contribution in [-0.2, 0) is 6.54 Å². The van der Waals surface area contributed by atoms with Gasteiger partial charge >= 0.3 is 0 Å². The van der Waals surface area contributed by atoms with Crippen molar-refractivity contribution >= 4 is 17.6 Å². The van der Waals surface area contributed by atoms with Gasteiger partial charge in [0.05, 0.1) is 11.1 Å². The Morgan fingerprint density at radius 3 is 3.07 bits per heavy atom. The molecule has 0 radical (unpaired) electrons. The van der Waals surface area contributed by atoms with Gasteiger partial charge in [-0.2, -0.15) is 5.10 Å². The van der Waals surface area contributed by atoms with Crippen LogP contribution in [-0.4, -0.2) is 15.5 Å². The Kier molecular flexibility index (Phi) is 5.32. The summed E-state index contributed by atoms with van der Waals surface area (Å²) in [4.78, 5) is 1.06. The minimum Gasteiger partial charge on any atom is -0.383 e. The molecule has 1 rings (SSSR count). The number of unbranched alkanes of at least 4 members (excludes halogenated alkanes) is 2. The molecule has 1 aromatic heterocycles. The summed E-state index contributed by atoms with van der Waals surface area (Å²) in [6.07, 6.45) is 7.32. The summed E-state index contributed by atoms with van der Waals surface area (Å²) in [5.41, 5.74) is 5.97. The summed E-state index contributed by atoms with van der Waals surface area (Å²) < 4.78 is 1.89. The molecule has 84 valence electrons. The summed E-state index contributed by atoms with van der Waals surface area (Å²) in [5, 5.41) is 4.28. The summed E-state index contributed by atoms with van der Waals surface area (Å²) in [6, 6.07) is 0. The standard InChI is InChI=1S/C11H19N3S/c1-3-5-6-7-14-11(12)10(9-13-14)15-8-4-2/h4,9H,2-3,5-8,12H2,1H3. The topological polar surface area (TPSA) is 43.8 Å². The van der Waals surface area contributed by atoms with E-state index < -0.39 is 0 Å². The van der Waals surface area contributed by atoms with E-state index in [9.17, 15) is 0 Å². The van der Waals surface area contributed by atoms with E-state index in [2.05, 4.69) is 18.6 Å². The first-order chi connectivity index (χ1) is 7.29. The van der Waals surface area contributed by atoms with E-state index in [0.29, 0.717) is 0 Å². The number of nitrogen functional groups attached to an aromatic ring is 1. The fourth-order valence-electron chi connectivity index (χ4n) is 1.33. The molecule has 0 bridgehead atoms.